The molecule has 0 aromatic heterocycles. The second-order valence-electron chi connectivity index (χ2n) is 6.08. The number of likely N-dealkylation sites (tertiary alicyclic amines) is 1. The number of hydrogen-bond acceptors (Lipinski definition) is 4. The number of para-hydroxylation sites is 2. The van der Waals surface area contributed by atoms with Crippen molar-refractivity contribution in [2.75, 3.05) is 19.0 Å². The Hall–Kier alpha value is -3.02. The van der Waals surface area contributed by atoms with Crippen LogP contribution >= 0.6 is 0 Å². The van der Waals surface area contributed by atoms with Gasteiger partial charge in [-0.15, -0.1) is 0 Å². The molecule has 0 bridgehead atoms. The molecule has 1 aliphatic heterocycles. The van der Waals surface area contributed by atoms with Gasteiger partial charge in [0, 0.05) is 6.54 Å². The van der Waals surface area contributed by atoms with Crippen molar-refractivity contribution in [3.05, 3.63) is 60.2 Å². The molecule has 0 saturated carbocycles. The van der Waals surface area contributed by atoms with Gasteiger partial charge in [0.2, 0.25) is 5.91 Å². The van der Waals surface area contributed by atoms with E-state index >= 15 is 0 Å². The van der Waals surface area contributed by atoms with Gasteiger partial charge in [-0.2, -0.15) is 0 Å². The maximum Gasteiger partial charge on any atom is 0.410 e. The number of nitrogens with one attached hydrogen (secondary N) is 1. The van der Waals surface area contributed by atoms with Gasteiger partial charge in [0.1, 0.15) is 18.4 Å². The minimum absolute atomic E-state index is 0.191. The molecule has 0 aliphatic carbocycles. The monoisotopic (exact) mass is 354 g/mol. The lowest BCUT2D eigenvalue weighted by atomic mass is 10.2. The average molecular weight is 354 g/mol. The van der Waals surface area contributed by atoms with Gasteiger partial charge < -0.3 is 14.8 Å². The van der Waals surface area contributed by atoms with Crippen LogP contribution in [0.4, 0.5) is 10.5 Å². The summed E-state index contributed by atoms with van der Waals surface area (Å²) < 4.78 is 10.6. The van der Waals surface area contributed by atoms with Gasteiger partial charge in [0.05, 0.1) is 12.8 Å². The van der Waals surface area contributed by atoms with Crippen LogP contribution in [-0.4, -0.2) is 36.6 Å². The molecule has 0 unspecified atom stereocenters. The molecule has 136 valence electrons. The quantitative estimate of drug-likeness (QED) is 0.893. The molecule has 2 aromatic rings. The first kappa shape index (κ1) is 17.8. The number of benzene rings is 2. The van der Waals surface area contributed by atoms with Crippen LogP contribution in [0.5, 0.6) is 5.75 Å². The maximum absolute atomic E-state index is 12.7. The molecule has 0 spiro atoms. The molecule has 1 aliphatic rings. The molecule has 2 aromatic carbocycles. The first-order valence-corrected chi connectivity index (χ1v) is 8.60. The van der Waals surface area contributed by atoms with Crippen molar-refractivity contribution in [1.82, 2.24) is 4.90 Å². The molecule has 26 heavy (non-hydrogen) atoms. The van der Waals surface area contributed by atoms with E-state index in [2.05, 4.69) is 5.32 Å². The number of anilines is 1. The van der Waals surface area contributed by atoms with Gasteiger partial charge in [-0.05, 0) is 30.5 Å². The Kier molecular flexibility index (Phi) is 5.73. The third-order valence-corrected chi connectivity index (χ3v) is 4.36. The molecule has 3 rings (SSSR count). The Labute approximate surface area is 152 Å². The number of nitrogens with zero attached hydrogens (tertiary/aromatic N) is 1. The zero-order valence-corrected chi connectivity index (χ0v) is 14.7. The molecule has 1 heterocycles. The molecular weight excluding hydrogens is 332 g/mol. The molecule has 1 saturated heterocycles. The van der Waals surface area contributed by atoms with Gasteiger partial charge in [-0.25, -0.2) is 4.79 Å². The van der Waals surface area contributed by atoms with Gasteiger partial charge >= 0.3 is 6.09 Å². The van der Waals surface area contributed by atoms with E-state index in [0.29, 0.717) is 24.4 Å². The first-order valence-electron chi connectivity index (χ1n) is 8.60. The summed E-state index contributed by atoms with van der Waals surface area (Å²) in [5, 5.41) is 2.85. The highest BCUT2D eigenvalue weighted by atomic mass is 16.6. The van der Waals surface area contributed by atoms with Crippen LogP contribution in [-0.2, 0) is 16.1 Å². The Morgan fingerprint density at radius 1 is 1.12 bits per heavy atom. The van der Waals surface area contributed by atoms with Crippen LogP contribution in [0, 0.1) is 0 Å². The maximum atomic E-state index is 12.7. The molecule has 1 atom stereocenters. The van der Waals surface area contributed by atoms with E-state index < -0.39 is 12.1 Å². The van der Waals surface area contributed by atoms with Crippen LogP contribution < -0.4 is 10.1 Å². The number of carbonyl (C=O) groups excluding carboxylic acids is 2. The zero-order valence-electron chi connectivity index (χ0n) is 14.7. The minimum atomic E-state index is -0.539. The summed E-state index contributed by atoms with van der Waals surface area (Å²) in [4.78, 5) is 26.6. The van der Waals surface area contributed by atoms with Crippen LogP contribution in [0.15, 0.2) is 54.6 Å². The van der Waals surface area contributed by atoms with Crippen molar-refractivity contribution in [3.8, 4) is 5.75 Å². The van der Waals surface area contributed by atoms with E-state index in [9.17, 15) is 9.59 Å². The predicted octanol–water partition coefficient (Wildman–Crippen LogP) is 3.43. The van der Waals surface area contributed by atoms with Gasteiger partial charge in [-0.1, -0.05) is 42.5 Å². The van der Waals surface area contributed by atoms with Crippen LogP contribution in [0.25, 0.3) is 0 Å². The van der Waals surface area contributed by atoms with Crippen molar-refractivity contribution in [2.45, 2.75) is 25.5 Å². The lowest BCUT2D eigenvalue weighted by Crippen LogP contribution is -2.43. The zero-order chi connectivity index (χ0) is 18.4. The highest BCUT2D eigenvalue weighted by Gasteiger charge is 2.35. The minimum Gasteiger partial charge on any atom is -0.495 e. The Morgan fingerprint density at radius 3 is 2.62 bits per heavy atom. The Morgan fingerprint density at radius 2 is 1.85 bits per heavy atom. The summed E-state index contributed by atoms with van der Waals surface area (Å²) >= 11 is 0. The molecular formula is C20H22N2O4. The third kappa shape index (κ3) is 4.14. The molecule has 2 amide bonds. The molecule has 6 heteroatoms. The fraction of sp³-hybridized carbons (Fsp3) is 0.300. The summed E-state index contributed by atoms with van der Waals surface area (Å²) in [5.41, 5.74) is 1.50. The number of methoxy groups -OCH3 is 1. The van der Waals surface area contributed by atoms with Crippen molar-refractivity contribution in [3.63, 3.8) is 0 Å². The van der Waals surface area contributed by atoms with Crippen LogP contribution in [0.2, 0.25) is 0 Å². The second kappa shape index (κ2) is 8.38. The molecule has 1 N–H and O–H groups in total. The average Bonchev–Trinajstić information content (AvgIpc) is 3.17. The van der Waals surface area contributed by atoms with Crippen LogP contribution in [0.1, 0.15) is 18.4 Å². The standard InChI is InChI=1S/C20H22N2O4/c1-25-18-12-6-5-10-16(18)21-19(23)17-11-7-13-22(17)20(24)26-14-15-8-3-2-4-9-15/h2-6,8-10,12,17H,7,11,13-14H2,1H3,(H,21,23)/t17-/m0/s1. The second-order valence-corrected chi connectivity index (χ2v) is 6.08. The summed E-state index contributed by atoms with van der Waals surface area (Å²) in [6.07, 6.45) is 0.915. The Bertz CT molecular complexity index is 763. The lowest BCUT2D eigenvalue weighted by Gasteiger charge is -2.23. The van der Waals surface area contributed by atoms with Gasteiger partial charge in [0.15, 0.2) is 0 Å². The SMILES string of the molecule is COc1ccccc1NC(=O)[C@@H]1CCCN1C(=O)OCc1ccccc1. The van der Waals surface area contributed by atoms with E-state index in [1.807, 2.05) is 42.5 Å². The smallest absolute Gasteiger partial charge is 0.410 e. The fourth-order valence-corrected chi connectivity index (χ4v) is 3.02. The highest BCUT2D eigenvalue weighted by molar-refractivity contribution is 5.97. The first-order chi connectivity index (χ1) is 12.7. The van der Waals surface area contributed by atoms with E-state index in [4.69, 9.17) is 9.47 Å². The van der Waals surface area contributed by atoms with Crippen molar-refractivity contribution >= 4 is 17.7 Å². The van der Waals surface area contributed by atoms with Crippen molar-refractivity contribution in [2.24, 2.45) is 0 Å². The predicted molar refractivity (Wildman–Crippen MR) is 98.0 cm³/mol. The number of amides is 2. The number of hydrogen-bond donors (Lipinski definition) is 1. The lowest BCUT2D eigenvalue weighted by molar-refractivity contribution is -0.120. The normalized spacial score (nSPS) is 16.2. The van der Waals surface area contributed by atoms with E-state index in [0.717, 1.165) is 12.0 Å². The summed E-state index contributed by atoms with van der Waals surface area (Å²) in [6, 6.07) is 16.1. The Balaban J connectivity index is 1.61. The fourth-order valence-electron chi connectivity index (χ4n) is 3.02. The third-order valence-electron chi connectivity index (χ3n) is 4.36. The van der Waals surface area contributed by atoms with Gasteiger partial charge in [-0.3, -0.25) is 9.69 Å². The van der Waals surface area contributed by atoms with Gasteiger partial charge in [0.25, 0.3) is 0 Å². The number of ether oxygens (including phenoxy) is 2. The van der Waals surface area contributed by atoms with E-state index in [1.54, 1.807) is 19.2 Å². The number of carbonyl (C=O) groups is 2. The molecule has 0 radical (unpaired) electrons. The molecule has 1 fully saturated rings. The number of rotatable bonds is 5. The summed E-state index contributed by atoms with van der Waals surface area (Å²) in [5.74, 6) is 0.348. The summed E-state index contributed by atoms with van der Waals surface area (Å²) in [6.45, 7) is 0.703. The van der Waals surface area contributed by atoms with E-state index in [1.165, 1.54) is 4.90 Å². The van der Waals surface area contributed by atoms with Crippen LogP contribution in [0.3, 0.4) is 0 Å². The topological polar surface area (TPSA) is 67.9 Å². The molecule has 6 nitrogen and oxygen atoms in total. The van der Waals surface area contributed by atoms with Crippen molar-refractivity contribution < 1.29 is 19.1 Å². The van der Waals surface area contributed by atoms with Crippen molar-refractivity contribution in [1.29, 1.82) is 0 Å². The highest BCUT2D eigenvalue weighted by Crippen LogP contribution is 2.25. The van der Waals surface area contributed by atoms with E-state index in [-0.39, 0.29) is 12.5 Å². The summed E-state index contributed by atoms with van der Waals surface area (Å²) in [7, 11) is 1.55. The largest absolute Gasteiger partial charge is 0.495 e.